The lowest BCUT2D eigenvalue weighted by Gasteiger charge is -2.21. The van der Waals surface area contributed by atoms with E-state index in [-0.39, 0.29) is 24.2 Å². The standard InChI is InChI=1S/C14H20N8O2/c23-12(20-8-4-5-10(20)13-15-18-19-16-13)9-22-14(24)21-7-3-1-2-6-11(21)17-22/h10H,1-9H2,(H,15,16,18,19). The van der Waals surface area contributed by atoms with E-state index in [2.05, 4.69) is 25.7 Å². The van der Waals surface area contributed by atoms with Crippen LogP contribution in [-0.2, 0) is 24.3 Å². The lowest BCUT2D eigenvalue weighted by molar-refractivity contribution is -0.133. The Morgan fingerprint density at radius 2 is 2.12 bits per heavy atom. The summed E-state index contributed by atoms with van der Waals surface area (Å²) in [6.45, 7) is 1.30. The summed E-state index contributed by atoms with van der Waals surface area (Å²) in [7, 11) is 0. The molecule has 128 valence electrons. The topological polar surface area (TPSA) is 115 Å². The highest BCUT2D eigenvalue weighted by Crippen LogP contribution is 2.29. The zero-order valence-corrected chi connectivity index (χ0v) is 13.4. The molecule has 0 aliphatic carbocycles. The van der Waals surface area contributed by atoms with Gasteiger partial charge in [0, 0.05) is 19.5 Å². The molecule has 1 unspecified atom stereocenters. The molecule has 2 aliphatic heterocycles. The van der Waals surface area contributed by atoms with Crippen LogP contribution in [-0.4, -0.2) is 52.3 Å². The summed E-state index contributed by atoms with van der Waals surface area (Å²) in [5.74, 6) is 1.19. The zero-order valence-electron chi connectivity index (χ0n) is 13.4. The number of carbonyl (C=O) groups excluding carboxylic acids is 1. The molecule has 0 bridgehead atoms. The van der Waals surface area contributed by atoms with Crippen LogP contribution in [0, 0.1) is 0 Å². The smallest absolute Gasteiger partial charge is 0.331 e. The van der Waals surface area contributed by atoms with Crippen molar-refractivity contribution in [2.75, 3.05) is 6.54 Å². The second-order valence-corrected chi connectivity index (χ2v) is 6.33. The Bertz CT molecular complexity index is 777. The van der Waals surface area contributed by atoms with Crippen molar-refractivity contribution >= 4 is 5.91 Å². The van der Waals surface area contributed by atoms with Crippen LogP contribution in [0.2, 0.25) is 0 Å². The molecule has 0 spiro atoms. The van der Waals surface area contributed by atoms with Crippen molar-refractivity contribution in [1.82, 2.24) is 39.9 Å². The van der Waals surface area contributed by atoms with Gasteiger partial charge >= 0.3 is 5.69 Å². The van der Waals surface area contributed by atoms with Gasteiger partial charge in [0.2, 0.25) is 5.91 Å². The average molecular weight is 332 g/mol. The summed E-state index contributed by atoms with van der Waals surface area (Å²) in [5, 5.41) is 18.3. The van der Waals surface area contributed by atoms with E-state index < -0.39 is 0 Å². The number of nitrogens with zero attached hydrogens (tertiary/aromatic N) is 7. The van der Waals surface area contributed by atoms with Crippen molar-refractivity contribution in [2.24, 2.45) is 0 Å². The Morgan fingerprint density at radius 3 is 2.96 bits per heavy atom. The van der Waals surface area contributed by atoms with E-state index in [1.807, 2.05) is 0 Å². The number of fused-ring (bicyclic) bond motifs is 1. The lowest BCUT2D eigenvalue weighted by atomic mass is 10.2. The fourth-order valence-corrected chi connectivity index (χ4v) is 3.59. The molecule has 1 N–H and O–H groups in total. The molecule has 0 aromatic carbocycles. The minimum Gasteiger partial charge on any atom is -0.331 e. The van der Waals surface area contributed by atoms with E-state index in [0.717, 1.165) is 44.3 Å². The maximum Gasteiger partial charge on any atom is 0.346 e. The van der Waals surface area contributed by atoms with Gasteiger partial charge in [-0.05, 0) is 25.7 Å². The van der Waals surface area contributed by atoms with Gasteiger partial charge in [-0.15, -0.1) is 10.2 Å². The molecule has 1 saturated heterocycles. The number of nitrogens with one attached hydrogen (secondary N) is 1. The summed E-state index contributed by atoms with van der Waals surface area (Å²) in [6, 6.07) is -0.174. The molecule has 1 fully saturated rings. The van der Waals surface area contributed by atoms with Gasteiger partial charge in [0.15, 0.2) is 5.82 Å². The first-order valence-corrected chi connectivity index (χ1v) is 8.43. The summed E-state index contributed by atoms with van der Waals surface area (Å²) >= 11 is 0. The van der Waals surface area contributed by atoms with Gasteiger partial charge < -0.3 is 4.90 Å². The molecule has 1 atom stereocenters. The van der Waals surface area contributed by atoms with E-state index in [4.69, 9.17) is 0 Å². The second kappa shape index (κ2) is 6.17. The first kappa shape index (κ1) is 15.0. The van der Waals surface area contributed by atoms with Crippen molar-refractivity contribution in [3.05, 3.63) is 22.1 Å². The van der Waals surface area contributed by atoms with Crippen molar-refractivity contribution in [2.45, 2.75) is 57.7 Å². The van der Waals surface area contributed by atoms with Gasteiger partial charge in [0.1, 0.15) is 12.4 Å². The molecule has 4 heterocycles. The van der Waals surface area contributed by atoms with E-state index >= 15 is 0 Å². The molecule has 24 heavy (non-hydrogen) atoms. The largest absolute Gasteiger partial charge is 0.346 e. The second-order valence-electron chi connectivity index (χ2n) is 6.33. The Labute approximate surface area is 137 Å². The highest BCUT2D eigenvalue weighted by atomic mass is 16.2. The number of H-pyrrole nitrogens is 1. The molecule has 2 aromatic heterocycles. The maximum absolute atomic E-state index is 12.7. The van der Waals surface area contributed by atoms with Crippen LogP contribution in [0.3, 0.4) is 0 Å². The van der Waals surface area contributed by atoms with Crippen molar-refractivity contribution in [3.63, 3.8) is 0 Å². The predicted molar refractivity (Wildman–Crippen MR) is 81.9 cm³/mol. The maximum atomic E-state index is 12.7. The van der Waals surface area contributed by atoms with E-state index in [1.54, 1.807) is 9.47 Å². The number of tetrazole rings is 1. The van der Waals surface area contributed by atoms with Gasteiger partial charge in [-0.3, -0.25) is 9.36 Å². The molecule has 1 amide bonds. The van der Waals surface area contributed by atoms with Crippen molar-refractivity contribution in [3.8, 4) is 0 Å². The fraction of sp³-hybridized carbons (Fsp3) is 0.714. The third-order valence-electron chi connectivity index (χ3n) is 4.80. The first-order chi connectivity index (χ1) is 11.7. The van der Waals surface area contributed by atoms with Crippen molar-refractivity contribution in [1.29, 1.82) is 0 Å². The molecule has 4 rings (SSSR count). The minimum atomic E-state index is -0.185. The summed E-state index contributed by atoms with van der Waals surface area (Å²) in [5.41, 5.74) is -0.185. The van der Waals surface area contributed by atoms with E-state index in [1.165, 1.54) is 4.68 Å². The zero-order chi connectivity index (χ0) is 16.5. The van der Waals surface area contributed by atoms with Gasteiger partial charge in [-0.25, -0.2) is 9.48 Å². The van der Waals surface area contributed by atoms with Gasteiger partial charge in [0.05, 0.1) is 6.04 Å². The van der Waals surface area contributed by atoms with Crippen LogP contribution in [0.25, 0.3) is 0 Å². The normalized spacial score (nSPS) is 20.8. The van der Waals surface area contributed by atoms with Gasteiger partial charge in [-0.2, -0.15) is 10.3 Å². The van der Waals surface area contributed by atoms with Crippen molar-refractivity contribution < 1.29 is 4.79 Å². The molecule has 0 radical (unpaired) electrons. The molecule has 10 nitrogen and oxygen atoms in total. The van der Waals surface area contributed by atoms with Gasteiger partial charge in [-0.1, -0.05) is 11.6 Å². The number of aromatic amines is 1. The van der Waals surface area contributed by atoms with E-state index in [0.29, 0.717) is 18.9 Å². The SMILES string of the molecule is O=C(Cn1nc2n(c1=O)CCCCC2)N1CCCC1c1nn[nH]n1. The fourth-order valence-electron chi connectivity index (χ4n) is 3.59. The third kappa shape index (κ3) is 2.61. The molecule has 0 saturated carbocycles. The quantitative estimate of drug-likeness (QED) is 0.821. The number of amides is 1. The monoisotopic (exact) mass is 332 g/mol. The summed E-state index contributed by atoms with van der Waals surface area (Å²) < 4.78 is 3.01. The summed E-state index contributed by atoms with van der Waals surface area (Å²) in [6.07, 6.45) is 5.63. The Hall–Kier alpha value is -2.52. The Balaban J connectivity index is 1.53. The number of carbonyl (C=O) groups is 1. The van der Waals surface area contributed by atoms with Crippen LogP contribution in [0.1, 0.15) is 49.8 Å². The predicted octanol–water partition coefficient (Wildman–Crippen LogP) is -0.352. The number of likely N-dealkylation sites (tertiary alicyclic amines) is 1. The highest BCUT2D eigenvalue weighted by molar-refractivity contribution is 5.76. The Kier molecular flexibility index (Phi) is 3.87. The van der Waals surface area contributed by atoms with Crippen LogP contribution in [0.4, 0.5) is 0 Å². The molecule has 10 heteroatoms. The average Bonchev–Trinajstić information content (AvgIpc) is 3.27. The number of aryl methyl sites for hydroxylation is 1. The highest BCUT2D eigenvalue weighted by Gasteiger charge is 2.33. The van der Waals surface area contributed by atoms with Crippen LogP contribution < -0.4 is 5.69 Å². The number of aromatic nitrogens is 7. The number of hydrogen-bond donors (Lipinski definition) is 1. The van der Waals surface area contributed by atoms with Crippen LogP contribution in [0.5, 0.6) is 0 Å². The van der Waals surface area contributed by atoms with E-state index in [9.17, 15) is 9.59 Å². The molecular formula is C14H20N8O2. The van der Waals surface area contributed by atoms with Crippen LogP contribution in [0.15, 0.2) is 4.79 Å². The third-order valence-corrected chi connectivity index (χ3v) is 4.80. The molecule has 2 aliphatic rings. The number of hydrogen-bond acceptors (Lipinski definition) is 6. The first-order valence-electron chi connectivity index (χ1n) is 8.43. The molecule has 2 aromatic rings. The summed E-state index contributed by atoms with van der Waals surface area (Å²) in [4.78, 5) is 26.9. The number of rotatable bonds is 3. The minimum absolute atomic E-state index is 0.0345. The molecular weight excluding hydrogens is 312 g/mol. The Morgan fingerprint density at radius 1 is 1.21 bits per heavy atom. The van der Waals surface area contributed by atoms with Gasteiger partial charge in [0.25, 0.3) is 0 Å². The lowest BCUT2D eigenvalue weighted by Crippen LogP contribution is -2.37. The van der Waals surface area contributed by atoms with Crippen LogP contribution >= 0.6 is 0 Å².